The summed E-state index contributed by atoms with van der Waals surface area (Å²) in [5.41, 5.74) is -0.252. The number of likely N-dealkylation sites (N-methyl/N-ethyl adjacent to an activating group) is 1. The summed E-state index contributed by atoms with van der Waals surface area (Å²) in [6.07, 6.45) is -2.57. The number of benzene rings is 1. The van der Waals surface area contributed by atoms with Gasteiger partial charge in [0, 0.05) is 19.3 Å². The molecule has 0 N–H and O–H groups in total. The Kier molecular flexibility index (Phi) is 7.12. The molecule has 1 aromatic carbocycles. The van der Waals surface area contributed by atoms with Gasteiger partial charge in [-0.1, -0.05) is 12.1 Å². The molecule has 1 unspecified atom stereocenters. The molecule has 33 heavy (non-hydrogen) atoms. The molecule has 0 amide bonds. The van der Waals surface area contributed by atoms with E-state index in [2.05, 4.69) is 4.90 Å². The highest BCUT2D eigenvalue weighted by atomic mass is 19.4. The van der Waals surface area contributed by atoms with Gasteiger partial charge in [-0.25, -0.2) is 9.59 Å². The van der Waals surface area contributed by atoms with Crippen LogP contribution >= 0.6 is 0 Å². The van der Waals surface area contributed by atoms with Crippen molar-refractivity contribution in [2.45, 2.75) is 24.9 Å². The molecule has 0 saturated carbocycles. The number of carbonyl (C=O) groups excluding carboxylic acids is 2. The maximum atomic E-state index is 13.1. The second kappa shape index (κ2) is 9.67. The van der Waals surface area contributed by atoms with Crippen LogP contribution in [0, 0.1) is 11.3 Å². The molecule has 0 aliphatic carbocycles. The summed E-state index contributed by atoms with van der Waals surface area (Å²) in [7, 11) is 3.89. The number of halogens is 3. The van der Waals surface area contributed by atoms with Gasteiger partial charge in [-0.3, -0.25) is 4.90 Å². The molecule has 2 aliphatic heterocycles. The summed E-state index contributed by atoms with van der Waals surface area (Å²) < 4.78 is 49.3. The molecule has 3 rings (SSSR count). The van der Waals surface area contributed by atoms with Gasteiger partial charge in [-0.05, 0) is 43.6 Å². The minimum Gasteiger partial charge on any atom is -0.466 e. The second-order valence-corrected chi connectivity index (χ2v) is 7.81. The zero-order chi connectivity index (χ0) is 24.3. The second-order valence-electron chi connectivity index (χ2n) is 7.81. The number of hydrogen-bond donors (Lipinski definition) is 0. The lowest BCUT2D eigenvalue weighted by Crippen LogP contribution is -2.38. The minimum atomic E-state index is -4.55. The van der Waals surface area contributed by atoms with Crippen LogP contribution in [0.2, 0.25) is 0 Å². The maximum Gasteiger partial charge on any atom is 0.416 e. The number of methoxy groups -OCH3 is 2. The third-order valence-corrected chi connectivity index (χ3v) is 5.94. The van der Waals surface area contributed by atoms with Gasteiger partial charge >= 0.3 is 18.1 Å². The predicted molar refractivity (Wildman–Crippen MR) is 111 cm³/mol. The predicted octanol–water partition coefficient (Wildman–Crippen LogP) is 3.21. The number of ether oxygens (including phenoxy) is 2. The van der Waals surface area contributed by atoms with Crippen LogP contribution in [0.1, 0.15) is 29.9 Å². The first-order chi connectivity index (χ1) is 15.6. The standard InChI is InChI=1S/C23H24F3N3O4/c1-28-16(12-27)19(21(30)32-2)18(14-6-8-15(9-7-14)23(24,25)26)20(22(31)33-3)17(28)13-29-10-4-5-11-29/h6-9,18H,4-5,10-11,13H2,1-3H3. The molecular weight excluding hydrogens is 439 g/mol. The van der Waals surface area contributed by atoms with Crippen molar-refractivity contribution in [3.05, 3.63) is 57.9 Å². The Labute approximate surface area is 189 Å². The number of esters is 2. The first-order valence-electron chi connectivity index (χ1n) is 10.3. The smallest absolute Gasteiger partial charge is 0.416 e. The van der Waals surface area contributed by atoms with Gasteiger partial charge in [-0.2, -0.15) is 18.4 Å². The molecule has 7 nitrogen and oxygen atoms in total. The van der Waals surface area contributed by atoms with Crippen molar-refractivity contribution in [2.75, 3.05) is 40.9 Å². The number of likely N-dealkylation sites (tertiary alicyclic amines) is 1. The molecule has 0 aromatic heterocycles. The maximum absolute atomic E-state index is 13.1. The molecule has 0 radical (unpaired) electrons. The first-order valence-corrected chi connectivity index (χ1v) is 10.3. The van der Waals surface area contributed by atoms with Gasteiger partial charge in [0.15, 0.2) is 0 Å². The normalized spacial score (nSPS) is 19.5. The summed E-state index contributed by atoms with van der Waals surface area (Å²) in [5, 5.41) is 9.89. The van der Waals surface area contributed by atoms with Crippen molar-refractivity contribution in [3.8, 4) is 6.07 Å². The van der Waals surface area contributed by atoms with E-state index in [-0.39, 0.29) is 22.4 Å². The van der Waals surface area contributed by atoms with Crippen molar-refractivity contribution in [1.29, 1.82) is 5.26 Å². The van der Waals surface area contributed by atoms with E-state index in [0.29, 0.717) is 12.2 Å². The van der Waals surface area contributed by atoms with Crippen LogP contribution in [-0.2, 0) is 25.2 Å². The number of alkyl halides is 3. The van der Waals surface area contributed by atoms with Gasteiger partial charge in [0.25, 0.3) is 0 Å². The van der Waals surface area contributed by atoms with E-state index in [4.69, 9.17) is 9.47 Å². The highest BCUT2D eigenvalue weighted by Crippen LogP contribution is 2.43. The molecule has 0 bridgehead atoms. The number of nitrogens with zero attached hydrogens (tertiary/aromatic N) is 3. The van der Waals surface area contributed by atoms with Crippen molar-refractivity contribution >= 4 is 11.9 Å². The Morgan fingerprint density at radius 1 is 1.06 bits per heavy atom. The van der Waals surface area contributed by atoms with E-state index >= 15 is 0 Å². The fraction of sp³-hybridized carbons (Fsp3) is 0.435. The van der Waals surface area contributed by atoms with Gasteiger partial charge in [-0.15, -0.1) is 0 Å². The largest absolute Gasteiger partial charge is 0.466 e. The van der Waals surface area contributed by atoms with E-state index in [1.54, 1.807) is 7.05 Å². The molecule has 1 fully saturated rings. The highest BCUT2D eigenvalue weighted by Gasteiger charge is 2.43. The van der Waals surface area contributed by atoms with E-state index < -0.39 is 29.6 Å². The first kappa shape index (κ1) is 24.3. The molecule has 2 heterocycles. The summed E-state index contributed by atoms with van der Waals surface area (Å²) in [5.74, 6) is -2.72. The average molecular weight is 463 g/mol. The topological polar surface area (TPSA) is 82.9 Å². The van der Waals surface area contributed by atoms with Crippen LogP contribution < -0.4 is 0 Å². The molecular formula is C23H24F3N3O4. The Bertz CT molecular complexity index is 1030. The van der Waals surface area contributed by atoms with Gasteiger partial charge in [0.1, 0.15) is 11.8 Å². The molecule has 0 spiro atoms. The van der Waals surface area contributed by atoms with E-state index in [0.717, 1.165) is 45.2 Å². The zero-order valence-corrected chi connectivity index (χ0v) is 18.5. The summed E-state index contributed by atoms with van der Waals surface area (Å²) in [6, 6.07) is 6.17. The van der Waals surface area contributed by atoms with Crippen molar-refractivity contribution in [1.82, 2.24) is 9.80 Å². The molecule has 1 saturated heterocycles. The van der Waals surface area contributed by atoms with Gasteiger partial charge in [0.05, 0.1) is 36.8 Å². The Balaban J connectivity index is 2.25. The lowest BCUT2D eigenvalue weighted by molar-refractivity contribution is -0.138. The average Bonchev–Trinajstić information content (AvgIpc) is 3.31. The van der Waals surface area contributed by atoms with Crippen LogP contribution in [-0.4, -0.2) is 62.6 Å². The SMILES string of the molecule is COC(=O)C1=C(C#N)N(C)C(CN2CCCC2)=C(C(=O)OC)C1c1ccc(C(F)(F)F)cc1. The van der Waals surface area contributed by atoms with Gasteiger partial charge < -0.3 is 14.4 Å². The number of carbonyl (C=O) groups is 2. The molecule has 1 atom stereocenters. The van der Waals surface area contributed by atoms with Crippen molar-refractivity contribution in [2.24, 2.45) is 0 Å². The van der Waals surface area contributed by atoms with Crippen LogP contribution in [0.15, 0.2) is 46.8 Å². The minimum absolute atomic E-state index is 0.0337. The Morgan fingerprint density at radius 2 is 1.61 bits per heavy atom. The number of rotatable bonds is 5. The lowest BCUT2D eigenvalue weighted by Gasteiger charge is -2.36. The quantitative estimate of drug-likeness (QED) is 0.620. The molecule has 176 valence electrons. The fourth-order valence-electron chi connectivity index (χ4n) is 4.29. The van der Waals surface area contributed by atoms with Crippen molar-refractivity contribution < 1.29 is 32.2 Å². The molecule has 2 aliphatic rings. The monoisotopic (exact) mass is 463 g/mol. The highest BCUT2D eigenvalue weighted by molar-refractivity contribution is 6.00. The number of hydrogen-bond acceptors (Lipinski definition) is 7. The third-order valence-electron chi connectivity index (χ3n) is 5.94. The zero-order valence-electron chi connectivity index (χ0n) is 18.5. The van der Waals surface area contributed by atoms with E-state index in [9.17, 15) is 28.0 Å². The number of allylic oxidation sites excluding steroid dienone is 1. The van der Waals surface area contributed by atoms with Crippen LogP contribution in [0.25, 0.3) is 0 Å². The molecule has 1 aromatic rings. The number of nitriles is 1. The fourth-order valence-corrected chi connectivity index (χ4v) is 4.29. The lowest BCUT2D eigenvalue weighted by atomic mass is 9.79. The Morgan fingerprint density at radius 3 is 2.09 bits per heavy atom. The van der Waals surface area contributed by atoms with Crippen molar-refractivity contribution in [3.63, 3.8) is 0 Å². The third kappa shape index (κ3) is 4.73. The summed E-state index contributed by atoms with van der Waals surface area (Å²) >= 11 is 0. The van der Waals surface area contributed by atoms with Crippen LogP contribution in [0.5, 0.6) is 0 Å². The Hall–Kier alpha value is -3.32. The summed E-state index contributed by atoms with van der Waals surface area (Å²) in [4.78, 5) is 29.3. The van der Waals surface area contributed by atoms with E-state index in [1.165, 1.54) is 24.1 Å². The van der Waals surface area contributed by atoms with Crippen LogP contribution in [0.4, 0.5) is 13.2 Å². The van der Waals surface area contributed by atoms with Gasteiger partial charge in [0.2, 0.25) is 0 Å². The summed E-state index contributed by atoms with van der Waals surface area (Å²) in [6.45, 7) is 1.91. The molecule has 10 heteroatoms. The van der Waals surface area contributed by atoms with Crippen LogP contribution in [0.3, 0.4) is 0 Å². The van der Waals surface area contributed by atoms with E-state index in [1.807, 2.05) is 6.07 Å².